The molecule has 10 rings (SSSR count). The van der Waals surface area contributed by atoms with Crippen molar-refractivity contribution < 1.29 is 0 Å². The molecule has 2 nitrogen and oxygen atoms in total. The smallest absolute Gasteiger partial charge is 0.0712 e. The normalized spacial score (nSPS) is 13.2. The molecule has 1 unspecified atom stereocenters. The van der Waals surface area contributed by atoms with Gasteiger partial charge in [-0.1, -0.05) is 212 Å². The fourth-order valence-corrected chi connectivity index (χ4v) is 8.46. The molecule has 0 radical (unpaired) electrons. The molecule has 63 heavy (non-hydrogen) atoms. The van der Waals surface area contributed by atoms with E-state index in [9.17, 15) is 0 Å². The van der Waals surface area contributed by atoms with Crippen molar-refractivity contribution in [3.63, 3.8) is 0 Å². The summed E-state index contributed by atoms with van der Waals surface area (Å²) in [5.74, 6) is 0. The maximum Gasteiger partial charge on any atom is 0.0712 e. The zero-order chi connectivity index (χ0) is 42.2. The van der Waals surface area contributed by atoms with Crippen LogP contribution >= 0.6 is 0 Å². The third-order valence-corrected chi connectivity index (χ3v) is 11.8. The van der Waals surface area contributed by atoms with Gasteiger partial charge in [-0.15, -0.1) is 0 Å². The molecule has 9 aromatic carbocycles. The van der Waals surface area contributed by atoms with Gasteiger partial charge in [-0.3, -0.25) is 0 Å². The van der Waals surface area contributed by atoms with Crippen LogP contribution in [0.5, 0.6) is 0 Å². The molecule has 0 N–H and O–H groups in total. The molecular weight excluding hydrogens is 761 g/mol. The first-order valence-corrected chi connectivity index (χ1v) is 21.6. The summed E-state index contributed by atoms with van der Waals surface area (Å²) in [5, 5.41) is 0. The largest absolute Gasteiger partial charge is 0.331 e. The molecule has 0 heterocycles. The van der Waals surface area contributed by atoms with E-state index in [1.54, 1.807) is 0 Å². The van der Waals surface area contributed by atoms with Gasteiger partial charge in [0.2, 0.25) is 0 Å². The van der Waals surface area contributed by atoms with Crippen LogP contribution in [0.2, 0.25) is 0 Å². The SMILES string of the molecule is C1=CC(N(c2ccc(-c3ccccc3)cc2)c2ccc(-c3ccc(N(c4ccc(-c5ccccc5)cc4)c4ccc(-c5ccccc5)cc4)cc3)cc2)C=CC(c2ccccc2)=C1. The fourth-order valence-electron chi connectivity index (χ4n) is 8.46. The Balaban J connectivity index is 0.955. The minimum atomic E-state index is 0.00433. The zero-order valence-corrected chi connectivity index (χ0v) is 35.0. The minimum Gasteiger partial charge on any atom is -0.331 e. The molecule has 1 aliphatic rings. The second-order valence-corrected chi connectivity index (χ2v) is 15.8. The summed E-state index contributed by atoms with van der Waals surface area (Å²) in [6, 6.07) is 86.9. The van der Waals surface area contributed by atoms with Gasteiger partial charge in [-0.05, 0) is 116 Å². The molecule has 0 saturated carbocycles. The number of hydrogen-bond acceptors (Lipinski definition) is 2. The maximum atomic E-state index is 2.42. The second kappa shape index (κ2) is 18.2. The average molecular weight is 807 g/mol. The summed E-state index contributed by atoms with van der Waals surface area (Å²) in [7, 11) is 0. The quantitative estimate of drug-likeness (QED) is 0.128. The van der Waals surface area contributed by atoms with Gasteiger partial charge in [0.05, 0.1) is 6.04 Å². The van der Waals surface area contributed by atoms with Gasteiger partial charge >= 0.3 is 0 Å². The fraction of sp³-hybridized carbons (Fsp3) is 0.0164. The van der Waals surface area contributed by atoms with E-state index in [0.717, 1.165) is 39.6 Å². The third-order valence-electron chi connectivity index (χ3n) is 11.8. The Morgan fingerprint density at radius 1 is 0.254 bits per heavy atom. The van der Waals surface area contributed by atoms with Crippen molar-refractivity contribution >= 4 is 34.0 Å². The minimum absolute atomic E-state index is 0.00433. The van der Waals surface area contributed by atoms with Crippen molar-refractivity contribution in [2.45, 2.75) is 6.04 Å². The van der Waals surface area contributed by atoms with E-state index in [1.165, 1.54) is 44.5 Å². The lowest BCUT2D eigenvalue weighted by Gasteiger charge is -2.30. The number of nitrogens with zero attached hydrogens (tertiary/aromatic N) is 2. The van der Waals surface area contributed by atoms with E-state index in [0.29, 0.717) is 0 Å². The highest BCUT2D eigenvalue weighted by atomic mass is 15.2. The van der Waals surface area contributed by atoms with E-state index in [-0.39, 0.29) is 6.04 Å². The number of hydrogen-bond donors (Lipinski definition) is 0. The Morgan fingerprint density at radius 3 is 0.873 bits per heavy atom. The lowest BCUT2D eigenvalue weighted by atomic mass is 10.0. The topological polar surface area (TPSA) is 6.48 Å². The van der Waals surface area contributed by atoms with Crippen LogP contribution in [0.1, 0.15) is 5.56 Å². The first kappa shape index (κ1) is 39.0. The molecule has 1 aliphatic carbocycles. The Morgan fingerprint density at radius 2 is 0.540 bits per heavy atom. The predicted molar refractivity (Wildman–Crippen MR) is 268 cm³/mol. The van der Waals surface area contributed by atoms with E-state index in [4.69, 9.17) is 0 Å². The van der Waals surface area contributed by atoms with Crippen LogP contribution in [-0.2, 0) is 0 Å². The maximum absolute atomic E-state index is 2.42. The first-order valence-electron chi connectivity index (χ1n) is 21.6. The van der Waals surface area contributed by atoms with E-state index in [2.05, 4.69) is 283 Å². The van der Waals surface area contributed by atoms with Crippen LogP contribution in [0.3, 0.4) is 0 Å². The molecule has 0 fully saturated rings. The highest BCUT2D eigenvalue weighted by Gasteiger charge is 2.19. The Hall–Kier alpha value is -8.20. The monoisotopic (exact) mass is 806 g/mol. The summed E-state index contributed by atoms with van der Waals surface area (Å²) in [4.78, 5) is 4.75. The molecule has 9 aromatic rings. The van der Waals surface area contributed by atoms with Gasteiger partial charge in [-0.2, -0.15) is 0 Å². The van der Waals surface area contributed by atoms with E-state index < -0.39 is 0 Å². The van der Waals surface area contributed by atoms with Crippen LogP contribution in [0.15, 0.2) is 273 Å². The first-order chi connectivity index (χ1) is 31.2. The molecule has 0 amide bonds. The molecular formula is C61H46N2. The summed E-state index contributed by atoms with van der Waals surface area (Å²) in [5.41, 5.74) is 17.5. The average Bonchev–Trinajstić information content (AvgIpc) is 3.63. The van der Waals surface area contributed by atoms with E-state index in [1.807, 2.05) is 0 Å². The van der Waals surface area contributed by atoms with E-state index >= 15 is 0 Å². The molecule has 0 bridgehead atoms. The highest BCUT2D eigenvalue weighted by molar-refractivity contribution is 5.82. The lowest BCUT2D eigenvalue weighted by Crippen LogP contribution is -2.27. The van der Waals surface area contributed by atoms with Gasteiger partial charge in [-0.25, -0.2) is 0 Å². The van der Waals surface area contributed by atoms with Crippen molar-refractivity contribution in [1.82, 2.24) is 0 Å². The van der Waals surface area contributed by atoms with Gasteiger partial charge in [0, 0.05) is 28.4 Å². The molecule has 0 aromatic heterocycles. The molecule has 0 spiro atoms. The van der Waals surface area contributed by atoms with Crippen molar-refractivity contribution in [2.24, 2.45) is 0 Å². The number of allylic oxidation sites excluding steroid dienone is 4. The Labute approximate surface area is 371 Å². The van der Waals surface area contributed by atoms with Crippen molar-refractivity contribution in [1.29, 1.82) is 0 Å². The second-order valence-electron chi connectivity index (χ2n) is 15.8. The van der Waals surface area contributed by atoms with Gasteiger partial charge in [0.15, 0.2) is 0 Å². The third kappa shape index (κ3) is 8.70. The number of benzene rings is 9. The summed E-state index contributed by atoms with van der Waals surface area (Å²) < 4.78 is 0. The van der Waals surface area contributed by atoms with Crippen molar-refractivity contribution in [2.75, 3.05) is 9.80 Å². The number of anilines is 5. The van der Waals surface area contributed by atoms with Gasteiger partial charge < -0.3 is 9.80 Å². The van der Waals surface area contributed by atoms with Crippen LogP contribution in [0, 0.1) is 0 Å². The Bertz CT molecular complexity index is 2890. The molecule has 2 heteroatoms. The molecule has 0 aliphatic heterocycles. The van der Waals surface area contributed by atoms with Crippen LogP contribution in [-0.4, -0.2) is 6.04 Å². The van der Waals surface area contributed by atoms with Crippen LogP contribution in [0.4, 0.5) is 28.4 Å². The van der Waals surface area contributed by atoms with Gasteiger partial charge in [0.1, 0.15) is 0 Å². The standard InChI is InChI=1S/C61H46N2/c1-5-14-46(15-6-1)50-22-13-23-56(35-24-50)62(57-36-25-51(26-37-57)47-16-7-2-8-17-47)58-42-31-54(32-43-58)55-33-44-61(45-34-55)63(59-38-27-52(28-39-59)48-18-9-3-10-19-48)60-40-29-53(30-41-60)49-20-11-4-12-21-49/h1-45,56H. The molecule has 300 valence electrons. The zero-order valence-electron chi connectivity index (χ0n) is 35.0. The van der Waals surface area contributed by atoms with Crippen LogP contribution < -0.4 is 9.80 Å². The Kier molecular flexibility index (Phi) is 11.3. The predicted octanol–water partition coefficient (Wildman–Crippen LogP) is 16.5. The summed E-state index contributed by atoms with van der Waals surface area (Å²) in [6.45, 7) is 0. The highest BCUT2D eigenvalue weighted by Crippen LogP contribution is 2.39. The summed E-state index contributed by atoms with van der Waals surface area (Å²) >= 11 is 0. The van der Waals surface area contributed by atoms with Gasteiger partial charge in [0.25, 0.3) is 0 Å². The van der Waals surface area contributed by atoms with Crippen molar-refractivity contribution in [3.8, 4) is 44.5 Å². The summed E-state index contributed by atoms with van der Waals surface area (Å²) in [6.07, 6.45) is 11.2. The molecule has 1 atom stereocenters. The van der Waals surface area contributed by atoms with Crippen LogP contribution in [0.25, 0.3) is 50.1 Å². The van der Waals surface area contributed by atoms with Crippen molar-refractivity contribution in [3.05, 3.63) is 279 Å². The number of rotatable bonds is 11. The molecule has 0 saturated heterocycles. The lowest BCUT2D eigenvalue weighted by molar-refractivity contribution is 0.944.